The van der Waals surface area contributed by atoms with Gasteiger partial charge >= 0.3 is 11.9 Å². The minimum atomic E-state index is -0.351. The molecule has 4 aliphatic rings. The van der Waals surface area contributed by atoms with Gasteiger partial charge in [-0.15, -0.1) is 11.8 Å². The smallest absolute Gasteiger partial charge is 0.319 e. The molecule has 49 heavy (non-hydrogen) atoms. The summed E-state index contributed by atoms with van der Waals surface area (Å²) in [5.74, 6) is -0.504. The minimum absolute atomic E-state index is 0.0354. The number of carbonyl (C=O) groups is 2. The molecule has 7 heteroatoms. The van der Waals surface area contributed by atoms with Gasteiger partial charge in [0.25, 0.3) is 0 Å². The predicted octanol–water partition coefficient (Wildman–Crippen LogP) is 8.49. The second-order valence-electron chi connectivity index (χ2n) is 14.4. The van der Waals surface area contributed by atoms with Gasteiger partial charge in [-0.3, -0.25) is 9.59 Å². The Balaban J connectivity index is 0.000000171. The molecule has 0 aromatic heterocycles. The molecule has 4 saturated heterocycles. The molecule has 262 valence electrons. The zero-order chi connectivity index (χ0) is 34.2. The van der Waals surface area contributed by atoms with Gasteiger partial charge in [0.1, 0.15) is 23.4 Å². The average Bonchev–Trinajstić information content (AvgIpc) is 3.54. The SMILES string of the molecule is CCC(Sc1ccccc1)C(=O)OC1CCC2CCC(C1)N2C.CN1C2CCC(OC(=O)C(c3ccccc3)c3ccccc3)CC1CC2. The van der Waals surface area contributed by atoms with Crippen LogP contribution in [0.15, 0.2) is 95.9 Å². The molecule has 4 aliphatic heterocycles. The Kier molecular flexibility index (Phi) is 12.5. The van der Waals surface area contributed by atoms with Crippen molar-refractivity contribution in [3.63, 3.8) is 0 Å². The van der Waals surface area contributed by atoms with E-state index in [0.29, 0.717) is 24.2 Å². The van der Waals surface area contributed by atoms with Crippen LogP contribution in [0.1, 0.15) is 94.6 Å². The quantitative estimate of drug-likeness (QED) is 0.166. The fraction of sp³-hybridized carbons (Fsp3) is 0.524. The number of fused-ring (bicyclic) bond motifs is 4. The van der Waals surface area contributed by atoms with Gasteiger partial charge in [0, 0.05) is 29.1 Å². The van der Waals surface area contributed by atoms with Crippen LogP contribution in [0.4, 0.5) is 0 Å². The molecule has 4 bridgehead atoms. The van der Waals surface area contributed by atoms with Crippen molar-refractivity contribution in [2.75, 3.05) is 14.1 Å². The van der Waals surface area contributed by atoms with Gasteiger partial charge in [-0.25, -0.2) is 0 Å². The van der Waals surface area contributed by atoms with Crippen molar-refractivity contribution in [2.45, 2.75) is 130 Å². The van der Waals surface area contributed by atoms with Crippen molar-refractivity contribution in [3.05, 3.63) is 102 Å². The van der Waals surface area contributed by atoms with Gasteiger partial charge in [-0.05, 0) is 108 Å². The number of ether oxygens (including phenoxy) is 2. The Bertz CT molecular complexity index is 1430. The Morgan fingerprint density at radius 1 is 0.612 bits per heavy atom. The fourth-order valence-corrected chi connectivity index (χ4v) is 9.41. The van der Waals surface area contributed by atoms with Crippen LogP contribution in [0.25, 0.3) is 0 Å². The molecule has 7 atom stereocenters. The lowest BCUT2D eigenvalue weighted by atomic mass is 9.91. The zero-order valence-corrected chi connectivity index (χ0v) is 30.3. The lowest BCUT2D eigenvalue weighted by Crippen LogP contribution is -2.32. The van der Waals surface area contributed by atoms with Gasteiger partial charge in [0.05, 0.1) is 0 Å². The second kappa shape index (κ2) is 17.2. The number of carbonyl (C=O) groups excluding carboxylic acids is 2. The molecule has 7 unspecified atom stereocenters. The van der Waals surface area contributed by atoms with E-state index >= 15 is 0 Å². The molecule has 0 N–H and O–H groups in total. The average molecular weight is 683 g/mol. The van der Waals surface area contributed by atoms with Gasteiger partial charge in [-0.1, -0.05) is 85.8 Å². The third-order valence-electron chi connectivity index (χ3n) is 11.4. The summed E-state index contributed by atoms with van der Waals surface area (Å²) >= 11 is 1.62. The first kappa shape index (κ1) is 35.7. The summed E-state index contributed by atoms with van der Waals surface area (Å²) < 4.78 is 12.0. The van der Waals surface area contributed by atoms with Gasteiger partial charge in [0.15, 0.2) is 0 Å². The van der Waals surface area contributed by atoms with Crippen molar-refractivity contribution in [3.8, 4) is 0 Å². The Morgan fingerprint density at radius 3 is 1.49 bits per heavy atom. The third kappa shape index (κ3) is 9.16. The molecule has 4 fully saturated rings. The third-order valence-corrected chi connectivity index (χ3v) is 12.8. The highest BCUT2D eigenvalue weighted by molar-refractivity contribution is 8.00. The van der Waals surface area contributed by atoms with Crippen molar-refractivity contribution < 1.29 is 19.1 Å². The predicted molar refractivity (Wildman–Crippen MR) is 198 cm³/mol. The van der Waals surface area contributed by atoms with Crippen molar-refractivity contribution >= 4 is 23.7 Å². The molecule has 0 spiro atoms. The van der Waals surface area contributed by atoms with Crippen LogP contribution in [0.2, 0.25) is 0 Å². The van der Waals surface area contributed by atoms with E-state index in [4.69, 9.17) is 9.47 Å². The van der Waals surface area contributed by atoms with Crippen LogP contribution < -0.4 is 0 Å². The van der Waals surface area contributed by atoms with Gasteiger partial charge in [-0.2, -0.15) is 0 Å². The van der Waals surface area contributed by atoms with Crippen LogP contribution in [-0.2, 0) is 19.1 Å². The van der Waals surface area contributed by atoms with E-state index < -0.39 is 0 Å². The minimum Gasteiger partial charge on any atom is -0.462 e. The molecule has 3 aromatic rings. The number of rotatable bonds is 9. The maximum Gasteiger partial charge on any atom is 0.319 e. The standard InChI is InChI=1S/C23H27NO2.C19H27NO2S/c1-24-19-12-13-20(24)16-21(15-14-19)26-23(25)22(17-8-4-2-5-9-17)18-10-6-3-7-11-18;1-3-18(23-17-7-5-4-6-8-17)19(21)22-16-12-11-14-9-10-15(13-16)20(14)2/h2-11,19-22H,12-16H2,1H3;4-8,14-16,18H,3,9-13H2,1-2H3. The van der Waals surface area contributed by atoms with E-state index in [2.05, 4.69) is 43.0 Å². The molecule has 0 radical (unpaired) electrons. The molecule has 6 nitrogen and oxygen atoms in total. The van der Waals surface area contributed by atoms with E-state index in [0.717, 1.165) is 61.0 Å². The molecular weight excluding hydrogens is 629 g/mol. The maximum absolute atomic E-state index is 13.2. The molecule has 4 heterocycles. The van der Waals surface area contributed by atoms with Crippen molar-refractivity contribution in [1.29, 1.82) is 0 Å². The molecule has 0 aliphatic carbocycles. The summed E-state index contributed by atoms with van der Waals surface area (Å²) in [6.07, 6.45) is 12.3. The second-order valence-corrected chi connectivity index (χ2v) is 15.7. The van der Waals surface area contributed by atoms with Gasteiger partial charge < -0.3 is 19.3 Å². The van der Waals surface area contributed by atoms with Crippen LogP contribution in [0, 0.1) is 0 Å². The van der Waals surface area contributed by atoms with Crippen molar-refractivity contribution in [2.24, 2.45) is 0 Å². The summed E-state index contributed by atoms with van der Waals surface area (Å²) in [7, 11) is 4.45. The first-order chi connectivity index (χ1) is 23.9. The molecule has 7 rings (SSSR count). The van der Waals surface area contributed by atoms with Crippen LogP contribution >= 0.6 is 11.8 Å². The number of esters is 2. The fourth-order valence-electron chi connectivity index (χ4n) is 8.45. The molecule has 0 saturated carbocycles. The summed E-state index contributed by atoms with van der Waals surface area (Å²) in [6.45, 7) is 2.06. The summed E-state index contributed by atoms with van der Waals surface area (Å²) in [6, 6.07) is 32.6. The number of hydrogen-bond donors (Lipinski definition) is 0. The number of benzene rings is 3. The van der Waals surface area contributed by atoms with Crippen LogP contribution in [0.5, 0.6) is 0 Å². The van der Waals surface area contributed by atoms with E-state index in [1.165, 1.54) is 25.7 Å². The molecular formula is C42H54N2O4S. The number of nitrogens with zero attached hydrogens (tertiary/aromatic N) is 2. The first-order valence-corrected chi connectivity index (χ1v) is 19.4. The first-order valence-electron chi connectivity index (χ1n) is 18.6. The Labute approximate surface area is 297 Å². The Hall–Kier alpha value is -3.13. The van der Waals surface area contributed by atoms with E-state index in [-0.39, 0.29) is 35.3 Å². The summed E-state index contributed by atoms with van der Waals surface area (Å²) in [5, 5.41) is -0.101. The summed E-state index contributed by atoms with van der Waals surface area (Å²) in [5.41, 5.74) is 1.99. The largest absolute Gasteiger partial charge is 0.462 e. The summed E-state index contributed by atoms with van der Waals surface area (Å²) in [4.78, 5) is 31.9. The van der Waals surface area contributed by atoms with Crippen molar-refractivity contribution in [1.82, 2.24) is 9.80 Å². The van der Waals surface area contributed by atoms with E-state index in [1.807, 2.05) is 78.9 Å². The lowest BCUT2D eigenvalue weighted by molar-refractivity contribution is -0.151. The number of hydrogen-bond acceptors (Lipinski definition) is 7. The van der Waals surface area contributed by atoms with Gasteiger partial charge in [0.2, 0.25) is 0 Å². The highest BCUT2D eigenvalue weighted by Gasteiger charge is 2.39. The van der Waals surface area contributed by atoms with Crippen LogP contribution in [0.3, 0.4) is 0 Å². The Morgan fingerprint density at radius 2 is 1.02 bits per heavy atom. The topological polar surface area (TPSA) is 59.1 Å². The highest BCUT2D eigenvalue weighted by atomic mass is 32.2. The monoisotopic (exact) mass is 682 g/mol. The highest BCUT2D eigenvalue weighted by Crippen LogP contribution is 2.36. The number of thioether (sulfide) groups is 1. The zero-order valence-electron chi connectivity index (χ0n) is 29.5. The maximum atomic E-state index is 13.2. The van der Waals surface area contributed by atoms with E-state index in [9.17, 15) is 9.59 Å². The molecule has 0 amide bonds. The molecule has 3 aromatic carbocycles. The lowest BCUT2D eigenvalue weighted by Gasteiger charge is -2.25. The van der Waals surface area contributed by atoms with E-state index in [1.54, 1.807) is 11.8 Å². The normalized spacial score (nSPS) is 27.3. The van der Waals surface area contributed by atoms with Crippen LogP contribution in [-0.4, -0.2) is 77.5 Å².